The van der Waals surface area contributed by atoms with Gasteiger partial charge in [-0.15, -0.1) is 0 Å². The Morgan fingerprint density at radius 2 is 1.43 bits per heavy atom. The minimum atomic E-state index is -0.0199. The maximum absolute atomic E-state index is 12.4. The summed E-state index contributed by atoms with van der Waals surface area (Å²) in [5.74, 6) is 1.32. The molecule has 0 N–H and O–H groups in total. The largest absolute Gasteiger partial charge is 0.496 e. The van der Waals surface area contributed by atoms with Crippen molar-refractivity contribution in [2.45, 2.75) is 0 Å². The molecule has 0 radical (unpaired) electrons. The van der Waals surface area contributed by atoms with Gasteiger partial charge in [0, 0.05) is 11.1 Å². The van der Waals surface area contributed by atoms with Gasteiger partial charge in [-0.3, -0.25) is 4.79 Å². The molecule has 0 spiro atoms. The van der Waals surface area contributed by atoms with Crippen molar-refractivity contribution in [2.75, 3.05) is 14.2 Å². The zero-order chi connectivity index (χ0) is 15.0. The number of Topliss-reactive ketones (excluding diaryl/α,β-unsaturated/α-hetero) is 1. The van der Waals surface area contributed by atoms with Crippen LogP contribution >= 0.6 is 15.9 Å². The van der Waals surface area contributed by atoms with E-state index in [1.807, 2.05) is 42.5 Å². The standard InChI is InChI=1S/C17H13BrO3/c1-20-12-8-5-9-13(21-2)15(12)14-10-6-3-4-7-11(10)17(19)16(14)18/h3-9H,1-2H3. The van der Waals surface area contributed by atoms with Crippen LogP contribution in [0.4, 0.5) is 0 Å². The Hall–Kier alpha value is -2.07. The molecule has 0 bridgehead atoms. The maximum atomic E-state index is 12.4. The average molecular weight is 345 g/mol. The number of carbonyl (C=O) groups is 1. The number of carbonyl (C=O) groups excluding carboxylic acids is 1. The van der Waals surface area contributed by atoms with Gasteiger partial charge in [-0.2, -0.15) is 0 Å². The zero-order valence-electron chi connectivity index (χ0n) is 11.6. The number of benzene rings is 2. The van der Waals surface area contributed by atoms with Crippen molar-refractivity contribution in [3.8, 4) is 11.5 Å². The van der Waals surface area contributed by atoms with Gasteiger partial charge >= 0.3 is 0 Å². The fourth-order valence-corrected chi connectivity index (χ4v) is 3.22. The molecular weight excluding hydrogens is 332 g/mol. The summed E-state index contributed by atoms with van der Waals surface area (Å²) in [7, 11) is 3.21. The number of ketones is 1. The molecular formula is C17H13BrO3. The lowest BCUT2D eigenvalue weighted by molar-refractivity contribution is 0.104. The summed E-state index contributed by atoms with van der Waals surface area (Å²) in [6, 6.07) is 13.1. The first kappa shape index (κ1) is 13.9. The van der Waals surface area contributed by atoms with Crippen molar-refractivity contribution >= 4 is 27.3 Å². The second-order valence-corrected chi connectivity index (χ2v) is 5.39. The van der Waals surface area contributed by atoms with E-state index in [2.05, 4.69) is 15.9 Å². The van der Waals surface area contributed by atoms with E-state index in [0.29, 0.717) is 21.5 Å². The average Bonchev–Trinajstić information content (AvgIpc) is 2.78. The van der Waals surface area contributed by atoms with Crippen LogP contribution in [0.3, 0.4) is 0 Å². The number of rotatable bonds is 3. The topological polar surface area (TPSA) is 35.5 Å². The molecule has 3 rings (SSSR count). The normalized spacial score (nSPS) is 13.4. The van der Waals surface area contributed by atoms with Gasteiger partial charge in [-0.05, 0) is 33.6 Å². The van der Waals surface area contributed by atoms with E-state index in [1.165, 1.54) is 0 Å². The summed E-state index contributed by atoms with van der Waals surface area (Å²) in [4.78, 5) is 12.4. The number of ether oxygens (including phenoxy) is 2. The summed E-state index contributed by atoms with van der Waals surface area (Å²) in [6.07, 6.45) is 0. The fraction of sp³-hybridized carbons (Fsp3) is 0.118. The number of methoxy groups -OCH3 is 2. The third-order valence-electron chi connectivity index (χ3n) is 3.54. The zero-order valence-corrected chi connectivity index (χ0v) is 13.2. The molecule has 0 aliphatic heterocycles. The third-order valence-corrected chi connectivity index (χ3v) is 4.29. The molecule has 0 heterocycles. The predicted molar refractivity (Wildman–Crippen MR) is 85.3 cm³/mol. The Bertz CT molecular complexity index is 740. The van der Waals surface area contributed by atoms with Gasteiger partial charge in [0.15, 0.2) is 0 Å². The highest BCUT2D eigenvalue weighted by Crippen LogP contribution is 2.46. The molecule has 2 aromatic carbocycles. The molecule has 2 aromatic rings. The number of hydrogen-bond acceptors (Lipinski definition) is 3. The molecule has 1 aliphatic rings. The van der Waals surface area contributed by atoms with Gasteiger partial charge in [0.2, 0.25) is 5.78 Å². The molecule has 4 heteroatoms. The Labute approximate surface area is 131 Å². The highest BCUT2D eigenvalue weighted by atomic mass is 79.9. The molecule has 0 saturated carbocycles. The van der Waals surface area contributed by atoms with Gasteiger partial charge in [0.05, 0.1) is 24.3 Å². The molecule has 0 atom stereocenters. The van der Waals surface area contributed by atoms with Crippen LogP contribution in [0.2, 0.25) is 0 Å². The fourth-order valence-electron chi connectivity index (χ4n) is 2.59. The van der Waals surface area contributed by atoms with Gasteiger partial charge in [-0.1, -0.05) is 30.3 Å². The first-order valence-electron chi connectivity index (χ1n) is 6.44. The molecule has 0 saturated heterocycles. The second kappa shape index (κ2) is 5.37. The van der Waals surface area contributed by atoms with E-state index in [4.69, 9.17) is 9.47 Å². The Morgan fingerprint density at radius 1 is 0.857 bits per heavy atom. The van der Waals surface area contributed by atoms with Crippen molar-refractivity contribution in [2.24, 2.45) is 0 Å². The van der Waals surface area contributed by atoms with Crippen molar-refractivity contribution in [3.05, 3.63) is 63.6 Å². The molecule has 106 valence electrons. The molecule has 0 unspecified atom stereocenters. The smallest absolute Gasteiger partial charge is 0.201 e. The highest BCUT2D eigenvalue weighted by molar-refractivity contribution is 9.12. The van der Waals surface area contributed by atoms with Crippen molar-refractivity contribution in [1.29, 1.82) is 0 Å². The van der Waals surface area contributed by atoms with E-state index >= 15 is 0 Å². The monoisotopic (exact) mass is 344 g/mol. The second-order valence-electron chi connectivity index (χ2n) is 4.60. The quantitative estimate of drug-likeness (QED) is 0.842. The number of fused-ring (bicyclic) bond motifs is 1. The molecule has 1 aliphatic carbocycles. The predicted octanol–water partition coefficient (Wildman–Crippen LogP) is 4.05. The van der Waals surface area contributed by atoms with Gasteiger partial charge in [-0.25, -0.2) is 0 Å². The van der Waals surface area contributed by atoms with E-state index in [0.717, 1.165) is 16.7 Å². The van der Waals surface area contributed by atoms with E-state index in [9.17, 15) is 4.79 Å². The van der Waals surface area contributed by atoms with Crippen LogP contribution < -0.4 is 9.47 Å². The number of halogens is 1. The molecule has 0 fully saturated rings. The van der Waals surface area contributed by atoms with Crippen LogP contribution in [-0.2, 0) is 0 Å². The Balaban J connectivity index is 2.33. The number of hydrogen-bond donors (Lipinski definition) is 0. The van der Waals surface area contributed by atoms with Crippen molar-refractivity contribution in [3.63, 3.8) is 0 Å². The lowest BCUT2D eigenvalue weighted by atomic mass is 9.97. The highest BCUT2D eigenvalue weighted by Gasteiger charge is 2.31. The van der Waals surface area contributed by atoms with E-state index < -0.39 is 0 Å². The molecule has 3 nitrogen and oxygen atoms in total. The summed E-state index contributed by atoms with van der Waals surface area (Å²) in [5.41, 5.74) is 3.17. The van der Waals surface area contributed by atoms with E-state index in [-0.39, 0.29) is 5.78 Å². The first-order chi connectivity index (χ1) is 10.2. The van der Waals surface area contributed by atoms with E-state index in [1.54, 1.807) is 14.2 Å². The minimum absolute atomic E-state index is 0.0199. The lowest BCUT2D eigenvalue weighted by Crippen LogP contribution is -1.97. The van der Waals surface area contributed by atoms with Crippen LogP contribution in [0.1, 0.15) is 21.5 Å². The van der Waals surface area contributed by atoms with Gasteiger partial charge in [0.25, 0.3) is 0 Å². The van der Waals surface area contributed by atoms with Gasteiger partial charge < -0.3 is 9.47 Å². The Morgan fingerprint density at radius 3 is 2.00 bits per heavy atom. The molecule has 0 aromatic heterocycles. The number of allylic oxidation sites excluding steroid dienone is 1. The van der Waals surface area contributed by atoms with Crippen molar-refractivity contribution < 1.29 is 14.3 Å². The third kappa shape index (κ3) is 2.07. The van der Waals surface area contributed by atoms with Crippen molar-refractivity contribution in [1.82, 2.24) is 0 Å². The van der Waals surface area contributed by atoms with Crippen LogP contribution in [0.5, 0.6) is 11.5 Å². The van der Waals surface area contributed by atoms with Crippen LogP contribution in [0.15, 0.2) is 46.9 Å². The Kier molecular flexibility index (Phi) is 3.55. The van der Waals surface area contributed by atoms with Crippen LogP contribution in [-0.4, -0.2) is 20.0 Å². The summed E-state index contributed by atoms with van der Waals surface area (Å²) >= 11 is 3.43. The SMILES string of the molecule is COc1cccc(OC)c1C1=C(Br)C(=O)c2ccccc21. The summed E-state index contributed by atoms with van der Waals surface area (Å²) in [5, 5.41) is 0. The summed E-state index contributed by atoms with van der Waals surface area (Å²) in [6.45, 7) is 0. The summed E-state index contributed by atoms with van der Waals surface area (Å²) < 4.78 is 11.4. The molecule has 21 heavy (non-hydrogen) atoms. The first-order valence-corrected chi connectivity index (χ1v) is 7.23. The van der Waals surface area contributed by atoms with Crippen LogP contribution in [0, 0.1) is 0 Å². The minimum Gasteiger partial charge on any atom is -0.496 e. The lowest BCUT2D eigenvalue weighted by Gasteiger charge is -2.15. The molecule has 0 amide bonds. The van der Waals surface area contributed by atoms with Gasteiger partial charge in [0.1, 0.15) is 11.5 Å². The maximum Gasteiger partial charge on any atom is 0.201 e. The van der Waals surface area contributed by atoms with Crippen LogP contribution in [0.25, 0.3) is 5.57 Å².